The van der Waals surface area contributed by atoms with Crippen LogP contribution in [-0.4, -0.2) is 18.7 Å². The molecule has 3 heteroatoms. The van der Waals surface area contributed by atoms with E-state index in [4.69, 9.17) is 4.74 Å². The Hall–Kier alpha value is -2.68. The Morgan fingerprint density at radius 1 is 0.800 bits per heavy atom. The second kappa shape index (κ2) is 6.48. The number of hydrogen-bond donors (Lipinski definition) is 0. The highest BCUT2D eigenvalue weighted by Gasteiger charge is 2.04. The number of hydrogen-bond acceptors (Lipinski definition) is 3. The van der Waals surface area contributed by atoms with Gasteiger partial charge in [-0.1, -0.05) is 30.3 Å². The molecule has 2 aromatic carbocycles. The van der Waals surface area contributed by atoms with Crippen LogP contribution in [0.1, 0.15) is 20.7 Å². The first-order valence-corrected chi connectivity index (χ1v) is 6.16. The van der Waals surface area contributed by atoms with Crippen LogP contribution >= 0.6 is 0 Å². The molecule has 0 spiro atoms. The predicted octanol–water partition coefficient (Wildman–Crippen LogP) is 3.32. The zero-order chi connectivity index (χ0) is 14.4. The highest BCUT2D eigenvalue weighted by molar-refractivity contribution is 6.11. The molecule has 100 valence electrons. The number of allylic oxidation sites excluding steroid dienone is 2. The van der Waals surface area contributed by atoms with Gasteiger partial charge in [-0.25, -0.2) is 0 Å². The Kier molecular flexibility index (Phi) is 4.45. The fourth-order valence-electron chi connectivity index (χ4n) is 1.70. The van der Waals surface area contributed by atoms with Crippen LogP contribution in [0.4, 0.5) is 0 Å². The van der Waals surface area contributed by atoms with Crippen molar-refractivity contribution in [3.8, 4) is 5.75 Å². The van der Waals surface area contributed by atoms with E-state index in [2.05, 4.69) is 0 Å². The molecule has 0 aliphatic rings. The van der Waals surface area contributed by atoms with E-state index >= 15 is 0 Å². The van der Waals surface area contributed by atoms with Crippen LogP contribution in [0.5, 0.6) is 5.75 Å². The van der Waals surface area contributed by atoms with Crippen molar-refractivity contribution in [1.82, 2.24) is 0 Å². The Labute approximate surface area is 117 Å². The highest BCUT2D eigenvalue weighted by atomic mass is 16.5. The molecule has 0 unspecified atom stereocenters. The average molecular weight is 266 g/mol. The van der Waals surface area contributed by atoms with E-state index in [1.54, 1.807) is 55.6 Å². The lowest BCUT2D eigenvalue weighted by molar-refractivity contribution is 0.102. The second-order valence-electron chi connectivity index (χ2n) is 4.16. The first kappa shape index (κ1) is 13.7. The number of benzene rings is 2. The summed E-state index contributed by atoms with van der Waals surface area (Å²) in [4.78, 5) is 23.7. The first-order chi connectivity index (χ1) is 9.70. The van der Waals surface area contributed by atoms with Gasteiger partial charge in [0, 0.05) is 11.1 Å². The van der Waals surface area contributed by atoms with Crippen LogP contribution in [0.25, 0.3) is 0 Å². The highest BCUT2D eigenvalue weighted by Crippen LogP contribution is 2.12. The first-order valence-electron chi connectivity index (χ1n) is 6.16. The van der Waals surface area contributed by atoms with Gasteiger partial charge in [-0.3, -0.25) is 9.59 Å². The maximum atomic E-state index is 11.9. The van der Waals surface area contributed by atoms with Gasteiger partial charge in [-0.05, 0) is 36.4 Å². The van der Waals surface area contributed by atoms with Gasteiger partial charge in [0.05, 0.1) is 7.11 Å². The number of carbonyl (C=O) groups excluding carboxylic acids is 2. The third kappa shape index (κ3) is 3.42. The molecule has 0 saturated heterocycles. The van der Waals surface area contributed by atoms with Gasteiger partial charge in [0.25, 0.3) is 0 Å². The van der Waals surface area contributed by atoms with Gasteiger partial charge in [-0.2, -0.15) is 0 Å². The molecule has 2 aromatic rings. The fourth-order valence-corrected chi connectivity index (χ4v) is 1.70. The van der Waals surface area contributed by atoms with Crippen molar-refractivity contribution < 1.29 is 14.3 Å². The van der Waals surface area contributed by atoms with Crippen molar-refractivity contribution in [3.05, 3.63) is 77.9 Å². The number of methoxy groups -OCH3 is 1. The van der Waals surface area contributed by atoms with E-state index in [0.717, 1.165) is 0 Å². The Balaban J connectivity index is 2.07. The molecule has 0 radical (unpaired) electrons. The summed E-state index contributed by atoms with van der Waals surface area (Å²) in [7, 11) is 1.56. The molecule has 0 aromatic heterocycles. The lowest BCUT2D eigenvalue weighted by atomic mass is 10.1. The molecule has 0 fully saturated rings. The number of rotatable bonds is 5. The van der Waals surface area contributed by atoms with Gasteiger partial charge in [-0.15, -0.1) is 0 Å². The third-order valence-corrected chi connectivity index (χ3v) is 2.82. The number of ketones is 2. The molecule has 0 atom stereocenters. The van der Waals surface area contributed by atoms with Crippen molar-refractivity contribution in [2.45, 2.75) is 0 Å². The summed E-state index contributed by atoms with van der Waals surface area (Å²) in [5.74, 6) is 0.287. The minimum absolute atomic E-state index is 0.188. The monoisotopic (exact) mass is 266 g/mol. The molecular weight excluding hydrogens is 252 g/mol. The summed E-state index contributed by atoms with van der Waals surface area (Å²) in [6, 6.07) is 15.6. The smallest absolute Gasteiger partial charge is 0.185 e. The van der Waals surface area contributed by atoms with Crippen molar-refractivity contribution >= 4 is 11.6 Å². The van der Waals surface area contributed by atoms with Gasteiger partial charge in [0.15, 0.2) is 11.6 Å². The summed E-state index contributed by atoms with van der Waals surface area (Å²) >= 11 is 0. The molecular formula is C17H14O3. The zero-order valence-electron chi connectivity index (χ0n) is 11.1. The van der Waals surface area contributed by atoms with Crippen molar-refractivity contribution in [2.24, 2.45) is 0 Å². The summed E-state index contributed by atoms with van der Waals surface area (Å²) in [6.45, 7) is 0. The van der Waals surface area contributed by atoms with E-state index in [1.165, 1.54) is 12.2 Å². The topological polar surface area (TPSA) is 43.4 Å². The van der Waals surface area contributed by atoms with Crippen molar-refractivity contribution in [2.75, 3.05) is 7.11 Å². The van der Waals surface area contributed by atoms with Crippen LogP contribution < -0.4 is 4.74 Å². The van der Waals surface area contributed by atoms with Gasteiger partial charge in [0.2, 0.25) is 0 Å². The van der Waals surface area contributed by atoms with E-state index in [0.29, 0.717) is 16.9 Å². The maximum Gasteiger partial charge on any atom is 0.185 e. The summed E-state index contributed by atoms with van der Waals surface area (Å²) in [5.41, 5.74) is 1.08. The largest absolute Gasteiger partial charge is 0.497 e. The van der Waals surface area contributed by atoms with Crippen LogP contribution in [0.3, 0.4) is 0 Å². The van der Waals surface area contributed by atoms with Crippen molar-refractivity contribution in [3.63, 3.8) is 0 Å². The Morgan fingerprint density at radius 2 is 1.30 bits per heavy atom. The van der Waals surface area contributed by atoms with Crippen LogP contribution in [0.2, 0.25) is 0 Å². The standard InChI is InChI=1S/C17H14O3/c1-20-15-9-7-14(8-10-15)17(19)12-11-16(18)13-5-3-2-4-6-13/h2-12H,1H3/b12-11+. The average Bonchev–Trinajstić information content (AvgIpc) is 2.53. The van der Waals surface area contributed by atoms with Gasteiger partial charge < -0.3 is 4.74 Å². The molecule has 0 bridgehead atoms. The molecule has 20 heavy (non-hydrogen) atoms. The molecule has 0 aliphatic carbocycles. The minimum Gasteiger partial charge on any atom is -0.497 e. The van der Waals surface area contributed by atoms with Crippen LogP contribution in [0, 0.1) is 0 Å². The quantitative estimate of drug-likeness (QED) is 0.616. The van der Waals surface area contributed by atoms with E-state index in [1.807, 2.05) is 6.07 Å². The predicted molar refractivity (Wildman–Crippen MR) is 77.2 cm³/mol. The van der Waals surface area contributed by atoms with E-state index in [-0.39, 0.29) is 11.6 Å². The Morgan fingerprint density at radius 3 is 1.80 bits per heavy atom. The molecule has 3 nitrogen and oxygen atoms in total. The lowest BCUT2D eigenvalue weighted by Crippen LogP contribution is -1.98. The van der Waals surface area contributed by atoms with Crippen LogP contribution in [0.15, 0.2) is 66.7 Å². The van der Waals surface area contributed by atoms with Gasteiger partial charge in [0.1, 0.15) is 5.75 Å². The molecule has 2 rings (SSSR count). The van der Waals surface area contributed by atoms with Gasteiger partial charge >= 0.3 is 0 Å². The SMILES string of the molecule is COc1ccc(C(=O)/C=C/C(=O)c2ccccc2)cc1. The minimum atomic E-state index is -0.211. The molecule has 0 N–H and O–H groups in total. The lowest BCUT2D eigenvalue weighted by Gasteiger charge is -2.00. The zero-order valence-corrected chi connectivity index (χ0v) is 11.1. The number of carbonyl (C=O) groups is 2. The Bertz CT molecular complexity index is 625. The molecule has 0 saturated carbocycles. The summed E-state index contributed by atoms with van der Waals surface area (Å²) < 4.78 is 5.02. The summed E-state index contributed by atoms with van der Waals surface area (Å²) in [6.07, 6.45) is 2.58. The molecule has 0 heterocycles. The van der Waals surface area contributed by atoms with Crippen molar-refractivity contribution in [1.29, 1.82) is 0 Å². The third-order valence-electron chi connectivity index (χ3n) is 2.82. The molecule has 0 amide bonds. The normalized spacial score (nSPS) is 10.4. The van der Waals surface area contributed by atoms with Crippen LogP contribution in [-0.2, 0) is 0 Å². The maximum absolute atomic E-state index is 11.9. The number of ether oxygens (including phenoxy) is 1. The van der Waals surface area contributed by atoms with E-state index in [9.17, 15) is 9.59 Å². The fraction of sp³-hybridized carbons (Fsp3) is 0.0588. The second-order valence-corrected chi connectivity index (χ2v) is 4.16. The molecule has 0 aliphatic heterocycles. The summed E-state index contributed by atoms with van der Waals surface area (Å²) in [5, 5.41) is 0. The van der Waals surface area contributed by atoms with E-state index < -0.39 is 0 Å².